The van der Waals surface area contributed by atoms with Crippen molar-refractivity contribution in [2.45, 2.75) is 20.1 Å². The monoisotopic (exact) mass is 379 g/mol. The maximum atomic E-state index is 12.7. The highest BCUT2D eigenvalue weighted by Crippen LogP contribution is 2.38. The van der Waals surface area contributed by atoms with E-state index in [2.05, 4.69) is 16.5 Å². The van der Waals surface area contributed by atoms with E-state index in [1.165, 1.54) is 0 Å². The van der Waals surface area contributed by atoms with Gasteiger partial charge >= 0.3 is 0 Å². The molecular weight excluding hydrogens is 358 g/mol. The molecule has 3 aromatic rings. The van der Waals surface area contributed by atoms with E-state index in [9.17, 15) is 4.79 Å². The molecule has 7 nitrogen and oxygen atoms in total. The van der Waals surface area contributed by atoms with Gasteiger partial charge in [-0.25, -0.2) is 0 Å². The van der Waals surface area contributed by atoms with Gasteiger partial charge in [-0.3, -0.25) is 9.48 Å². The number of anilines is 1. The Hall–Kier alpha value is -3.48. The van der Waals surface area contributed by atoms with Gasteiger partial charge in [-0.1, -0.05) is 11.6 Å². The van der Waals surface area contributed by atoms with Crippen LogP contribution in [0.5, 0.6) is 17.2 Å². The van der Waals surface area contributed by atoms with Gasteiger partial charge in [0, 0.05) is 17.2 Å². The summed E-state index contributed by atoms with van der Waals surface area (Å²) >= 11 is 0. The van der Waals surface area contributed by atoms with Crippen LogP contribution in [0.2, 0.25) is 0 Å². The van der Waals surface area contributed by atoms with Crippen molar-refractivity contribution in [1.82, 2.24) is 9.78 Å². The third-order valence-electron chi connectivity index (χ3n) is 4.66. The first-order valence-electron chi connectivity index (χ1n) is 8.89. The number of benzene rings is 2. The molecule has 28 heavy (non-hydrogen) atoms. The van der Waals surface area contributed by atoms with Crippen LogP contribution in [-0.2, 0) is 17.9 Å². The lowest BCUT2D eigenvalue weighted by molar-refractivity contribution is -0.116. The Labute approximate surface area is 162 Å². The molecule has 0 unspecified atom stereocenters. The van der Waals surface area contributed by atoms with Crippen LogP contribution in [0.4, 0.5) is 5.69 Å². The summed E-state index contributed by atoms with van der Waals surface area (Å²) in [5.74, 6) is 1.79. The Kier molecular flexibility index (Phi) is 4.65. The third-order valence-corrected chi connectivity index (χ3v) is 4.66. The lowest BCUT2D eigenvalue weighted by atomic mass is 10.0. The summed E-state index contributed by atoms with van der Waals surface area (Å²) in [5.41, 5.74) is 4.53. The smallest absolute Gasteiger partial charge is 0.246 e. The van der Waals surface area contributed by atoms with Crippen molar-refractivity contribution in [3.05, 3.63) is 53.7 Å². The van der Waals surface area contributed by atoms with Crippen LogP contribution < -0.4 is 19.5 Å². The Morgan fingerprint density at radius 1 is 1.21 bits per heavy atom. The molecule has 7 heteroatoms. The van der Waals surface area contributed by atoms with Gasteiger partial charge in [-0.2, -0.15) is 5.10 Å². The van der Waals surface area contributed by atoms with Crippen molar-refractivity contribution in [1.29, 1.82) is 0 Å². The number of carbonyl (C=O) groups excluding carboxylic acids is 1. The first-order chi connectivity index (χ1) is 13.6. The first-order valence-corrected chi connectivity index (χ1v) is 8.89. The van der Waals surface area contributed by atoms with Gasteiger partial charge in [0.25, 0.3) is 0 Å². The number of amides is 1. The van der Waals surface area contributed by atoms with Gasteiger partial charge in [-0.15, -0.1) is 0 Å². The lowest BCUT2D eigenvalue weighted by Crippen LogP contribution is -2.21. The molecule has 0 aliphatic carbocycles. The molecule has 0 radical (unpaired) electrons. The highest BCUT2D eigenvalue weighted by atomic mass is 16.5. The summed E-state index contributed by atoms with van der Waals surface area (Å²) in [6.07, 6.45) is 1.75. The average molecular weight is 379 g/mol. The summed E-state index contributed by atoms with van der Waals surface area (Å²) in [5, 5.41) is 7.28. The second-order valence-corrected chi connectivity index (χ2v) is 6.58. The number of methoxy groups -OCH3 is 2. The highest BCUT2D eigenvalue weighted by Gasteiger charge is 2.23. The molecule has 1 N–H and O–H groups in total. The van der Waals surface area contributed by atoms with Gasteiger partial charge in [0.2, 0.25) is 5.91 Å². The summed E-state index contributed by atoms with van der Waals surface area (Å²) in [4.78, 5) is 12.7. The molecule has 1 amide bonds. The van der Waals surface area contributed by atoms with Crippen molar-refractivity contribution < 1.29 is 19.0 Å². The zero-order chi connectivity index (χ0) is 19.7. The van der Waals surface area contributed by atoms with Crippen molar-refractivity contribution in [2.75, 3.05) is 19.5 Å². The predicted octanol–water partition coefficient (Wildman–Crippen LogP) is 3.41. The van der Waals surface area contributed by atoms with E-state index in [4.69, 9.17) is 14.2 Å². The second-order valence-electron chi connectivity index (χ2n) is 6.58. The minimum Gasteiger partial charge on any atom is -0.497 e. The van der Waals surface area contributed by atoms with Crippen molar-refractivity contribution >= 4 is 11.6 Å². The molecule has 144 valence electrons. The third kappa shape index (κ3) is 3.26. The predicted molar refractivity (Wildman–Crippen MR) is 105 cm³/mol. The molecule has 1 aliphatic rings. The van der Waals surface area contributed by atoms with E-state index >= 15 is 0 Å². The van der Waals surface area contributed by atoms with Gasteiger partial charge in [0.15, 0.2) is 0 Å². The van der Waals surface area contributed by atoms with E-state index in [1.54, 1.807) is 43.3 Å². The topological polar surface area (TPSA) is 74.6 Å². The number of fused-ring (bicyclic) bond motifs is 3. The number of hydrogen-bond acceptors (Lipinski definition) is 5. The quantitative estimate of drug-likeness (QED) is 0.735. The minimum absolute atomic E-state index is 0.0812. The molecule has 0 atom stereocenters. The number of aromatic nitrogens is 2. The van der Waals surface area contributed by atoms with Gasteiger partial charge < -0.3 is 19.5 Å². The highest BCUT2D eigenvalue weighted by molar-refractivity contribution is 5.92. The Morgan fingerprint density at radius 2 is 2.07 bits per heavy atom. The number of nitrogens with one attached hydrogen (secondary N) is 1. The summed E-state index contributed by atoms with van der Waals surface area (Å²) < 4.78 is 18.0. The van der Waals surface area contributed by atoms with E-state index in [0.29, 0.717) is 23.8 Å². The minimum atomic E-state index is -0.199. The fraction of sp³-hybridized carbons (Fsp3) is 0.238. The Balaban J connectivity index is 1.58. The molecule has 0 bridgehead atoms. The van der Waals surface area contributed by atoms with E-state index in [0.717, 1.165) is 28.1 Å². The van der Waals surface area contributed by atoms with Gasteiger partial charge in [0.1, 0.15) is 30.4 Å². The molecule has 0 saturated carbocycles. The Bertz CT molecular complexity index is 1040. The number of hydrogen-bond donors (Lipinski definition) is 1. The van der Waals surface area contributed by atoms with Crippen molar-refractivity contribution in [2.24, 2.45) is 0 Å². The number of aryl methyl sites for hydroxylation is 1. The molecule has 1 aliphatic heterocycles. The van der Waals surface area contributed by atoms with E-state index in [1.807, 2.05) is 19.1 Å². The largest absolute Gasteiger partial charge is 0.497 e. The molecule has 2 aromatic carbocycles. The normalized spacial score (nSPS) is 11.8. The fourth-order valence-electron chi connectivity index (χ4n) is 3.30. The van der Waals surface area contributed by atoms with E-state index in [-0.39, 0.29) is 12.5 Å². The number of nitrogens with zero attached hydrogens (tertiary/aromatic N) is 2. The van der Waals surface area contributed by atoms with Crippen molar-refractivity contribution in [3.8, 4) is 28.5 Å². The van der Waals surface area contributed by atoms with Crippen LogP contribution in [0.1, 0.15) is 11.1 Å². The number of ether oxygens (including phenoxy) is 3. The number of carbonyl (C=O) groups is 1. The van der Waals surface area contributed by atoms with Gasteiger partial charge in [0.05, 0.1) is 31.8 Å². The van der Waals surface area contributed by atoms with Crippen molar-refractivity contribution in [3.63, 3.8) is 0 Å². The maximum Gasteiger partial charge on any atom is 0.246 e. The van der Waals surface area contributed by atoms with Crippen LogP contribution in [0, 0.1) is 6.92 Å². The van der Waals surface area contributed by atoms with E-state index < -0.39 is 0 Å². The van der Waals surface area contributed by atoms with Crippen LogP contribution in [-0.4, -0.2) is 29.9 Å². The zero-order valence-corrected chi connectivity index (χ0v) is 16.0. The molecule has 1 aromatic heterocycles. The second kappa shape index (κ2) is 7.26. The number of rotatable bonds is 5. The SMILES string of the molecule is COc1ccc(NC(=O)Cn2ncc3c2-c2cc(C)ccc2OC3)c(OC)c1. The molecule has 0 saturated heterocycles. The molecular formula is C21H21N3O4. The summed E-state index contributed by atoms with van der Waals surface area (Å²) in [7, 11) is 3.13. The lowest BCUT2D eigenvalue weighted by Gasteiger charge is -2.20. The van der Waals surface area contributed by atoms with Crippen LogP contribution in [0.3, 0.4) is 0 Å². The molecule has 0 fully saturated rings. The van der Waals surface area contributed by atoms with Crippen LogP contribution in [0.15, 0.2) is 42.6 Å². The van der Waals surface area contributed by atoms with Crippen LogP contribution in [0.25, 0.3) is 11.3 Å². The molecule has 2 heterocycles. The summed E-state index contributed by atoms with van der Waals surface area (Å²) in [6.45, 7) is 2.55. The average Bonchev–Trinajstić information content (AvgIpc) is 3.11. The Morgan fingerprint density at radius 3 is 2.86 bits per heavy atom. The maximum absolute atomic E-state index is 12.7. The molecule has 0 spiro atoms. The fourth-order valence-corrected chi connectivity index (χ4v) is 3.30. The van der Waals surface area contributed by atoms with Crippen LogP contribution >= 0.6 is 0 Å². The first kappa shape index (κ1) is 17.9. The zero-order valence-electron chi connectivity index (χ0n) is 16.0. The molecule has 4 rings (SSSR count). The standard InChI is InChI=1S/C21H21N3O4/c1-13-4-7-18-16(8-13)21-14(12-28-18)10-22-24(21)11-20(25)23-17-6-5-15(26-2)9-19(17)27-3/h4-10H,11-12H2,1-3H3,(H,23,25). The van der Waals surface area contributed by atoms with Gasteiger partial charge in [-0.05, 0) is 31.2 Å². The summed E-state index contributed by atoms with van der Waals surface area (Å²) in [6, 6.07) is 11.3.